The van der Waals surface area contributed by atoms with Crippen LogP contribution in [-0.4, -0.2) is 77.9 Å². The lowest BCUT2D eigenvalue weighted by molar-refractivity contribution is -0.130. The second-order valence-corrected chi connectivity index (χ2v) is 8.89. The molecule has 3 aliphatic rings. The third-order valence-electron chi connectivity index (χ3n) is 6.89. The Labute approximate surface area is 178 Å². The van der Waals surface area contributed by atoms with Crippen molar-refractivity contribution >= 4 is 23.4 Å². The second kappa shape index (κ2) is 8.38. The number of rotatable bonds is 7. The minimum Gasteiger partial charge on any atom is -0.344 e. The molecule has 1 aromatic rings. The highest BCUT2D eigenvalue weighted by Gasteiger charge is 2.52. The lowest BCUT2D eigenvalue weighted by Crippen LogP contribution is -2.62. The Balaban J connectivity index is 1.37. The van der Waals surface area contributed by atoms with E-state index in [4.69, 9.17) is 0 Å². The number of likely N-dealkylation sites (N-methyl/N-ethyl adjacent to an activating group) is 1. The topological polar surface area (TPSA) is 64.2 Å². The molecule has 0 spiro atoms. The van der Waals surface area contributed by atoms with Gasteiger partial charge >= 0.3 is 0 Å². The van der Waals surface area contributed by atoms with Crippen molar-refractivity contribution < 1.29 is 14.4 Å². The molecule has 4 rings (SSSR count). The first-order valence-corrected chi connectivity index (χ1v) is 11.1. The van der Waals surface area contributed by atoms with Crippen LogP contribution >= 0.6 is 0 Å². The van der Waals surface area contributed by atoms with Crippen molar-refractivity contribution in [2.45, 2.75) is 51.1 Å². The number of hydrogen-bond donors (Lipinski definition) is 0. The minimum atomic E-state index is -0.646. The number of fused-ring (bicyclic) bond motifs is 3. The molecule has 0 radical (unpaired) electrons. The second-order valence-electron chi connectivity index (χ2n) is 8.89. The van der Waals surface area contributed by atoms with Crippen molar-refractivity contribution in [1.29, 1.82) is 0 Å². The van der Waals surface area contributed by atoms with Gasteiger partial charge in [0.05, 0.1) is 11.3 Å². The van der Waals surface area contributed by atoms with E-state index in [2.05, 4.69) is 4.90 Å². The smallest absolute Gasteiger partial charge is 0.257 e. The molecule has 7 nitrogen and oxygen atoms in total. The summed E-state index contributed by atoms with van der Waals surface area (Å²) in [5.74, 6) is 0.123. The van der Waals surface area contributed by atoms with Gasteiger partial charge < -0.3 is 14.7 Å². The highest BCUT2D eigenvalue weighted by atomic mass is 16.2. The molecule has 0 bridgehead atoms. The van der Waals surface area contributed by atoms with E-state index in [-0.39, 0.29) is 17.7 Å². The number of para-hydroxylation sites is 1. The first kappa shape index (κ1) is 20.8. The largest absolute Gasteiger partial charge is 0.344 e. The van der Waals surface area contributed by atoms with Gasteiger partial charge in [-0.1, -0.05) is 12.1 Å². The molecule has 7 heteroatoms. The Kier molecular flexibility index (Phi) is 5.82. The molecular formula is C23H32N4O3. The number of benzene rings is 1. The first-order chi connectivity index (χ1) is 14.4. The molecule has 2 saturated heterocycles. The lowest BCUT2D eigenvalue weighted by atomic mass is 9.98. The highest BCUT2D eigenvalue weighted by molar-refractivity contribution is 6.10. The van der Waals surface area contributed by atoms with Crippen LogP contribution in [0.2, 0.25) is 0 Å². The summed E-state index contributed by atoms with van der Waals surface area (Å²) in [5.41, 5.74) is 0.633. The Bertz CT molecular complexity index is 835. The fraction of sp³-hybridized carbons (Fsp3) is 0.609. The SMILES string of the molecule is CN(CCN1CCCC1)C(=O)CCCN1C(=O)c2ccccc2N2C(=O)CCC12C. The van der Waals surface area contributed by atoms with Crippen LogP contribution in [0.25, 0.3) is 0 Å². The van der Waals surface area contributed by atoms with Crippen LogP contribution in [0.3, 0.4) is 0 Å². The normalized spacial score (nSPS) is 23.7. The van der Waals surface area contributed by atoms with Gasteiger partial charge in [-0.15, -0.1) is 0 Å². The average molecular weight is 413 g/mol. The van der Waals surface area contributed by atoms with E-state index in [0.29, 0.717) is 43.5 Å². The maximum Gasteiger partial charge on any atom is 0.257 e. The van der Waals surface area contributed by atoms with Crippen LogP contribution < -0.4 is 4.90 Å². The van der Waals surface area contributed by atoms with Crippen LogP contribution in [0.15, 0.2) is 24.3 Å². The number of likely N-dealkylation sites (tertiary alicyclic amines) is 1. The van der Waals surface area contributed by atoms with Crippen LogP contribution in [0.1, 0.15) is 55.8 Å². The molecular weight excluding hydrogens is 380 g/mol. The van der Waals surface area contributed by atoms with E-state index >= 15 is 0 Å². The van der Waals surface area contributed by atoms with Crippen LogP contribution in [0.4, 0.5) is 5.69 Å². The van der Waals surface area contributed by atoms with Crippen molar-refractivity contribution in [2.24, 2.45) is 0 Å². The maximum absolute atomic E-state index is 13.2. The fourth-order valence-electron chi connectivity index (χ4n) is 5.04. The van der Waals surface area contributed by atoms with E-state index in [1.54, 1.807) is 20.8 Å². The number of carbonyl (C=O) groups is 3. The maximum atomic E-state index is 13.2. The number of carbonyl (C=O) groups excluding carboxylic acids is 3. The number of anilines is 1. The van der Waals surface area contributed by atoms with Crippen LogP contribution in [0.5, 0.6) is 0 Å². The third kappa shape index (κ3) is 3.71. The van der Waals surface area contributed by atoms with Gasteiger partial charge in [-0.25, -0.2) is 0 Å². The predicted molar refractivity (Wildman–Crippen MR) is 115 cm³/mol. The fourth-order valence-corrected chi connectivity index (χ4v) is 5.04. The molecule has 0 saturated carbocycles. The standard InChI is InChI=1S/C23H32N4O3/c1-23-12-11-21(29)27(23)19-9-4-3-8-18(19)22(30)26(23)15-7-10-20(28)24(2)16-17-25-13-5-6-14-25/h3-4,8-9H,5-7,10-17H2,1-2H3. The van der Waals surface area contributed by atoms with Crippen LogP contribution in [-0.2, 0) is 9.59 Å². The van der Waals surface area contributed by atoms with E-state index < -0.39 is 5.66 Å². The van der Waals surface area contributed by atoms with E-state index in [0.717, 1.165) is 26.2 Å². The monoisotopic (exact) mass is 412 g/mol. The van der Waals surface area contributed by atoms with Crippen molar-refractivity contribution in [3.05, 3.63) is 29.8 Å². The number of hydrogen-bond acceptors (Lipinski definition) is 4. The van der Waals surface area contributed by atoms with Crippen molar-refractivity contribution in [1.82, 2.24) is 14.7 Å². The first-order valence-electron chi connectivity index (χ1n) is 11.1. The summed E-state index contributed by atoms with van der Waals surface area (Å²) in [6, 6.07) is 7.33. The van der Waals surface area contributed by atoms with Gasteiger partial charge in [0, 0.05) is 39.5 Å². The zero-order valence-corrected chi connectivity index (χ0v) is 18.1. The molecule has 3 aliphatic heterocycles. The van der Waals surface area contributed by atoms with E-state index in [1.165, 1.54) is 12.8 Å². The molecule has 3 amide bonds. The summed E-state index contributed by atoms with van der Waals surface area (Å²) < 4.78 is 0. The molecule has 1 unspecified atom stereocenters. The molecule has 1 aromatic carbocycles. The van der Waals surface area contributed by atoms with Gasteiger partial charge in [0.25, 0.3) is 5.91 Å². The summed E-state index contributed by atoms with van der Waals surface area (Å²) in [7, 11) is 1.86. The summed E-state index contributed by atoms with van der Waals surface area (Å²) in [5, 5.41) is 0. The molecule has 1 atom stereocenters. The van der Waals surface area contributed by atoms with Crippen LogP contribution in [0, 0.1) is 0 Å². The number of nitrogens with zero attached hydrogens (tertiary/aromatic N) is 4. The van der Waals surface area contributed by atoms with E-state index in [1.807, 2.05) is 32.2 Å². The summed E-state index contributed by atoms with van der Waals surface area (Å²) >= 11 is 0. The molecule has 30 heavy (non-hydrogen) atoms. The van der Waals surface area contributed by atoms with Gasteiger partial charge in [0.1, 0.15) is 5.66 Å². The molecule has 0 N–H and O–H groups in total. The van der Waals surface area contributed by atoms with Crippen molar-refractivity contribution in [2.75, 3.05) is 44.7 Å². The van der Waals surface area contributed by atoms with Gasteiger partial charge in [-0.3, -0.25) is 19.3 Å². The van der Waals surface area contributed by atoms with Gasteiger partial charge in [0.2, 0.25) is 11.8 Å². The molecule has 0 aliphatic carbocycles. The van der Waals surface area contributed by atoms with Gasteiger partial charge in [-0.05, 0) is 57.8 Å². The average Bonchev–Trinajstić information content (AvgIpc) is 3.36. The summed E-state index contributed by atoms with van der Waals surface area (Å²) in [6.07, 6.45) is 4.57. The molecule has 2 fully saturated rings. The Morgan fingerprint density at radius 1 is 1.13 bits per heavy atom. The molecule has 162 valence electrons. The van der Waals surface area contributed by atoms with E-state index in [9.17, 15) is 14.4 Å². The quantitative estimate of drug-likeness (QED) is 0.690. The zero-order valence-electron chi connectivity index (χ0n) is 18.1. The Morgan fingerprint density at radius 2 is 1.87 bits per heavy atom. The molecule has 3 heterocycles. The van der Waals surface area contributed by atoms with Crippen molar-refractivity contribution in [3.63, 3.8) is 0 Å². The minimum absolute atomic E-state index is 0.0473. The van der Waals surface area contributed by atoms with Gasteiger partial charge in [-0.2, -0.15) is 0 Å². The lowest BCUT2D eigenvalue weighted by Gasteiger charge is -2.48. The third-order valence-corrected chi connectivity index (χ3v) is 6.89. The Hall–Kier alpha value is -2.41. The predicted octanol–water partition coefficient (Wildman–Crippen LogP) is 2.32. The zero-order chi connectivity index (χ0) is 21.3. The molecule has 0 aromatic heterocycles. The van der Waals surface area contributed by atoms with Crippen molar-refractivity contribution in [3.8, 4) is 0 Å². The highest BCUT2D eigenvalue weighted by Crippen LogP contribution is 2.44. The number of amides is 3. The summed E-state index contributed by atoms with van der Waals surface area (Å²) in [6.45, 7) is 6.38. The summed E-state index contributed by atoms with van der Waals surface area (Å²) in [4.78, 5) is 46.2. The Morgan fingerprint density at radius 3 is 2.63 bits per heavy atom. The van der Waals surface area contributed by atoms with Gasteiger partial charge in [0.15, 0.2) is 0 Å².